The number of anilines is 2. The van der Waals surface area contributed by atoms with Crippen LogP contribution in [0.2, 0.25) is 0 Å². The molecule has 6 heteroatoms. The minimum absolute atomic E-state index is 0.291. The van der Waals surface area contributed by atoms with Gasteiger partial charge in [0.25, 0.3) is 0 Å². The number of benzene rings is 1. The quantitative estimate of drug-likeness (QED) is 0.917. The molecule has 0 aliphatic carbocycles. The number of nitrogens with one attached hydrogen (secondary N) is 1. The van der Waals surface area contributed by atoms with E-state index in [9.17, 15) is 0 Å². The first-order valence-corrected chi connectivity index (χ1v) is 8.86. The van der Waals surface area contributed by atoms with Crippen LogP contribution in [0.5, 0.6) is 0 Å². The fourth-order valence-corrected chi connectivity index (χ4v) is 3.51. The highest BCUT2D eigenvalue weighted by Crippen LogP contribution is 2.25. The molecule has 0 unspecified atom stereocenters. The second kappa shape index (κ2) is 6.98. The standard InChI is InChI=1S/C19H25N5O/c1-23(2)16-5-3-15(4-6-16)18-7-8-21-19(22-18)24-11-14-9-20-10-17(24)13-25-12-14/h3-8,14,17,20H,9-13H2,1-2H3/t14-,17-/m0/s1. The van der Waals surface area contributed by atoms with Gasteiger partial charge in [-0.1, -0.05) is 12.1 Å². The summed E-state index contributed by atoms with van der Waals surface area (Å²) in [5.41, 5.74) is 3.26. The number of hydrogen-bond donors (Lipinski definition) is 1. The summed E-state index contributed by atoms with van der Waals surface area (Å²) in [6, 6.07) is 10.7. The summed E-state index contributed by atoms with van der Waals surface area (Å²) in [6.07, 6.45) is 1.86. The lowest BCUT2D eigenvalue weighted by atomic mass is 10.1. The summed E-state index contributed by atoms with van der Waals surface area (Å²) < 4.78 is 5.82. The second-order valence-electron chi connectivity index (χ2n) is 7.05. The lowest BCUT2D eigenvalue weighted by Gasteiger charge is -2.28. The van der Waals surface area contributed by atoms with Crippen molar-refractivity contribution >= 4 is 11.6 Å². The highest BCUT2D eigenvalue weighted by atomic mass is 16.5. The van der Waals surface area contributed by atoms with Crippen LogP contribution in [0, 0.1) is 5.92 Å². The van der Waals surface area contributed by atoms with Crippen molar-refractivity contribution in [3.8, 4) is 11.3 Å². The number of ether oxygens (including phenoxy) is 1. The molecule has 3 heterocycles. The summed E-state index contributed by atoms with van der Waals surface area (Å²) in [5, 5.41) is 3.53. The van der Waals surface area contributed by atoms with Crippen LogP contribution in [0.4, 0.5) is 11.6 Å². The fraction of sp³-hybridized carbons (Fsp3) is 0.474. The summed E-state index contributed by atoms with van der Waals surface area (Å²) >= 11 is 0. The number of rotatable bonds is 3. The molecule has 1 aromatic heterocycles. The number of nitrogens with zero attached hydrogens (tertiary/aromatic N) is 4. The molecule has 2 saturated heterocycles. The van der Waals surface area contributed by atoms with Crippen molar-refractivity contribution in [3.63, 3.8) is 0 Å². The number of hydrogen-bond acceptors (Lipinski definition) is 6. The van der Waals surface area contributed by atoms with Gasteiger partial charge in [0.15, 0.2) is 0 Å². The largest absolute Gasteiger partial charge is 0.379 e. The van der Waals surface area contributed by atoms with Crippen molar-refractivity contribution in [1.82, 2.24) is 15.3 Å². The van der Waals surface area contributed by atoms with Crippen LogP contribution in [-0.4, -0.2) is 63.0 Å². The Bertz CT molecular complexity index is 708. The van der Waals surface area contributed by atoms with Gasteiger partial charge in [-0.2, -0.15) is 0 Å². The maximum Gasteiger partial charge on any atom is 0.226 e. The Balaban J connectivity index is 1.62. The zero-order valence-electron chi connectivity index (χ0n) is 14.9. The van der Waals surface area contributed by atoms with E-state index in [4.69, 9.17) is 9.72 Å². The minimum atomic E-state index is 0.291. The zero-order valence-corrected chi connectivity index (χ0v) is 14.9. The molecule has 2 bridgehead atoms. The van der Waals surface area contributed by atoms with Gasteiger partial charge in [0.05, 0.1) is 24.9 Å². The average molecular weight is 339 g/mol. The minimum Gasteiger partial charge on any atom is -0.379 e. The lowest BCUT2D eigenvalue weighted by molar-refractivity contribution is 0.0991. The summed E-state index contributed by atoms with van der Waals surface area (Å²) in [6.45, 7) is 4.40. The van der Waals surface area contributed by atoms with E-state index in [0.717, 1.165) is 50.1 Å². The Labute approximate surface area is 148 Å². The molecule has 2 fully saturated rings. The van der Waals surface area contributed by atoms with Crippen molar-refractivity contribution in [3.05, 3.63) is 36.5 Å². The smallest absolute Gasteiger partial charge is 0.226 e. The van der Waals surface area contributed by atoms with Crippen LogP contribution >= 0.6 is 0 Å². The molecule has 0 saturated carbocycles. The monoisotopic (exact) mass is 339 g/mol. The summed E-state index contributed by atoms with van der Waals surface area (Å²) in [7, 11) is 4.09. The molecule has 6 nitrogen and oxygen atoms in total. The third-order valence-electron chi connectivity index (χ3n) is 4.95. The van der Waals surface area contributed by atoms with Gasteiger partial charge >= 0.3 is 0 Å². The first-order chi connectivity index (χ1) is 12.2. The average Bonchev–Trinajstić information content (AvgIpc) is 2.95. The van der Waals surface area contributed by atoms with Crippen molar-refractivity contribution in [2.24, 2.45) is 5.92 Å². The number of fused-ring (bicyclic) bond motifs is 3. The zero-order chi connectivity index (χ0) is 17.2. The van der Waals surface area contributed by atoms with E-state index in [0.29, 0.717) is 12.0 Å². The summed E-state index contributed by atoms with van der Waals surface area (Å²) in [4.78, 5) is 13.8. The molecule has 1 aromatic carbocycles. The molecule has 132 valence electrons. The SMILES string of the molecule is CN(C)c1ccc(-c2ccnc(N3C[C@@H]4CNC[C@H]3COC4)n2)cc1. The third kappa shape index (κ3) is 3.45. The van der Waals surface area contributed by atoms with Gasteiger partial charge in [0.2, 0.25) is 5.95 Å². The van der Waals surface area contributed by atoms with Crippen LogP contribution in [0.15, 0.2) is 36.5 Å². The van der Waals surface area contributed by atoms with E-state index >= 15 is 0 Å². The van der Waals surface area contributed by atoms with Crippen molar-refractivity contribution in [2.75, 3.05) is 56.7 Å². The van der Waals surface area contributed by atoms with E-state index in [1.807, 2.05) is 26.4 Å². The lowest BCUT2D eigenvalue weighted by Crippen LogP contribution is -2.43. The van der Waals surface area contributed by atoms with Crippen molar-refractivity contribution < 1.29 is 4.74 Å². The van der Waals surface area contributed by atoms with E-state index < -0.39 is 0 Å². The van der Waals surface area contributed by atoms with Crippen LogP contribution < -0.4 is 15.1 Å². The van der Waals surface area contributed by atoms with Gasteiger partial charge in [-0.05, 0) is 18.2 Å². The van der Waals surface area contributed by atoms with Gasteiger partial charge in [-0.3, -0.25) is 0 Å². The van der Waals surface area contributed by atoms with Gasteiger partial charge in [-0.15, -0.1) is 0 Å². The predicted octanol–water partition coefficient (Wildman–Crippen LogP) is 1.63. The Morgan fingerprint density at radius 1 is 1.12 bits per heavy atom. The van der Waals surface area contributed by atoms with E-state index in [2.05, 4.69) is 44.4 Å². The van der Waals surface area contributed by atoms with Crippen molar-refractivity contribution in [1.29, 1.82) is 0 Å². The fourth-order valence-electron chi connectivity index (χ4n) is 3.51. The first kappa shape index (κ1) is 16.3. The highest BCUT2D eigenvalue weighted by molar-refractivity contribution is 5.63. The third-order valence-corrected chi connectivity index (χ3v) is 4.95. The van der Waals surface area contributed by atoms with E-state index in [1.54, 1.807) is 0 Å². The molecule has 4 rings (SSSR count). The molecule has 25 heavy (non-hydrogen) atoms. The van der Waals surface area contributed by atoms with Gasteiger partial charge in [0.1, 0.15) is 0 Å². The molecule has 0 amide bonds. The van der Waals surface area contributed by atoms with Crippen LogP contribution in [0.3, 0.4) is 0 Å². The maximum atomic E-state index is 5.82. The molecular weight excluding hydrogens is 314 g/mol. The molecule has 2 atom stereocenters. The molecule has 0 radical (unpaired) electrons. The Morgan fingerprint density at radius 3 is 2.76 bits per heavy atom. The normalized spacial score (nSPS) is 23.2. The van der Waals surface area contributed by atoms with Gasteiger partial charge in [-0.25, -0.2) is 9.97 Å². The van der Waals surface area contributed by atoms with Crippen LogP contribution in [-0.2, 0) is 4.74 Å². The Hall–Kier alpha value is -2.18. The predicted molar refractivity (Wildman–Crippen MR) is 100 cm³/mol. The molecule has 0 spiro atoms. The van der Waals surface area contributed by atoms with E-state index in [1.165, 1.54) is 5.69 Å². The van der Waals surface area contributed by atoms with Crippen molar-refractivity contribution in [2.45, 2.75) is 6.04 Å². The number of aromatic nitrogens is 2. The topological polar surface area (TPSA) is 53.5 Å². The molecule has 2 aromatic rings. The summed E-state index contributed by atoms with van der Waals surface area (Å²) in [5.74, 6) is 1.29. The second-order valence-corrected chi connectivity index (χ2v) is 7.05. The Morgan fingerprint density at radius 2 is 1.96 bits per heavy atom. The molecule has 2 aliphatic rings. The van der Waals surface area contributed by atoms with Gasteiger partial charge in [0, 0.05) is 57.1 Å². The first-order valence-electron chi connectivity index (χ1n) is 8.86. The maximum absolute atomic E-state index is 5.82. The molecule has 2 aliphatic heterocycles. The van der Waals surface area contributed by atoms with Crippen LogP contribution in [0.1, 0.15) is 0 Å². The molecular formula is C19H25N5O. The Kier molecular flexibility index (Phi) is 4.55. The van der Waals surface area contributed by atoms with Crippen LogP contribution in [0.25, 0.3) is 11.3 Å². The van der Waals surface area contributed by atoms with Gasteiger partial charge < -0.3 is 19.9 Å². The van der Waals surface area contributed by atoms with E-state index in [-0.39, 0.29) is 0 Å². The molecule has 1 N–H and O–H groups in total. The highest BCUT2D eigenvalue weighted by Gasteiger charge is 2.31.